The summed E-state index contributed by atoms with van der Waals surface area (Å²) in [6.07, 6.45) is 2.68. The summed E-state index contributed by atoms with van der Waals surface area (Å²) in [5.74, 6) is 1.14. The van der Waals surface area contributed by atoms with Gasteiger partial charge in [-0.05, 0) is 47.1 Å². The van der Waals surface area contributed by atoms with E-state index in [2.05, 4.69) is 72.6 Å². The van der Waals surface area contributed by atoms with Gasteiger partial charge in [-0.1, -0.05) is 52.0 Å². The molecule has 0 fully saturated rings. The highest BCUT2D eigenvalue weighted by atomic mass is 16.5. The van der Waals surface area contributed by atoms with Crippen LogP contribution in [0.5, 0.6) is 5.75 Å². The van der Waals surface area contributed by atoms with Crippen LogP contribution in [0, 0.1) is 5.92 Å². The van der Waals surface area contributed by atoms with E-state index in [9.17, 15) is 4.79 Å². The highest BCUT2D eigenvalue weighted by molar-refractivity contribution is 6.11. The van der Waals surface area contributed by atoms with Crippen LogP contribution >= 0.6 is 0 Å². The Morgan fingerprint density at radius 2 is 1.91 bits per heavy atom. The summed E-state index contributed by atoms with van der Waals surface area (Å²) in [5.41, 5.74) is 3.79. The second-order valence-corrected chi connectivity index (χ2v) is 9.07. The van der Waals surface area contributed by atoms with Gasteiger partial charge in [-0.15, -0.1) is 0 Å². The molecule has 2 aromatic carbocycles. The van der Waals surface area contributed by atoms with Crippen LogP contribution in [0.25, 0.3) is 0 Å². The minimum atomic E-state index is -0.302. The molecule has 2 heterocycles. The maximum absolute atomic E-state index is 12.6. The van der Waals surface area contributed by atoms with E-state index in [1.165, 1.54) is 11.1 Å². The number of anilines is 3. The number of hydrogen-bond acceptors (Lipinski definition) is 6. The summed E-state index contributed by atoms with van der Waals surface area (Å²) in [6.45, 7) is 8.73. The third-order valence-corrected chi connectivity index (χ3v) is 5.38. The van der Waals surface area contributed by atoms with Crippen LogP contribution in [-0.2, 0) is 11.8 Å². The van der Waals surface area contributed by atoms with Gasteiger partial charge in [-0.25, -0.2) is 4.99 Å². The van der Waals surface area contributed by atoms with E-state index in [0.717, 1.165) is 6.42 Å². The smallest absolute Gasteiger partial charge is 0.325 e. The molecule has 4 rings (SSSR count). The molecule has 2 N–H and O–H groups in total. The molecule has 1 amide bonds. The highest BCUT2D eigenvalue weighted by Crippen LogP contribution is 2.35. The van der Waals surface area contributed by atoms with Gasteiger partial charge >= 0.3 is 6.01 Å². The molecule has 1 aliphatic rings. The monoisotopic (exact) mass is 432 g/mol. The van der Waals surface area contributed by atoms with Crippen molar-refractivity contribution >= 4 is 35.5 Å². The number of nitrogens with zero attached hydrogens (tertiary/aromatic N) is 2. The Labute approximate surface area is 187 Å². The van der Waals surface area contributed by atoms with Gasteiger partial charge in [-0.3, -0.25) is 10.1 Å². The first-order valence-corrected chi connectivity index (χ1v) is 10.6. The van der Waals surface area contributed by atoms with Gasteiger partial charge in [0.2, 0.25) is 5.88 Å². The van der Waals surface area contributed by atoms with Crippen molar-refractivity contribution in [2.24, 2.45) is 10.9 Å². The maximum atomic E-state index is 12.6. The standard InChI is InChI=1S/C25H28N4O3/c1-15(12-16-6-8-17(9-7-16)25(2,3)4)14-26-24-28-21-23(32-24)29-22(30)19-13-18(31-5)10-11-20(19)27-21/h6-11,13-15,27H,12H2,1-5H3,(H,29,30). The lowest BCUT2D eigenvalue weighted by Crippen LogP contribution is -2.11. The minimum absolute atomic E-state index is 0.143. The van der Waals surface area contributed by atoms with Gasteiger partial charge in [0.05, 0.1) is 18.4 Å². The molecule has 7 nitrogen and oxygen atoms in total. The molecule has 0 bridgehead atoms. The van der Waals surface area contributed by atoms with Gasteiger partial charge in [0.1, 0.15) is 5.75 Å². The van der Waals surface area contributed by atoms with Gasteiger partial charge in [-0.2, -0.15) is 4.98 Å². The van der Waals surface area contributed by atoms with Crippen molar-refractivity contribution in [2.45, 2.75) is 39.5 Å². The van der Waals surface area contributed by atoms with Crippen molar-refractivity contribution in [3.63, 3.8) is 0 Å². The van der Waals surface area contributed by atoms with E-state index in [1.807, 2.05) is 6.21 Å². The first-order chi connectivity index (χ1) is 15.2. The zero-order chi connectivity index (χ0) is 22.9. The van der Waals surface area contributed by atoms with Gasteiger partial charge < -0.3 is 14.5 Å². The summed E-state index contributed by atoms with van der Waals surface area (Å²) >= 11 is 0. The molecule has 0 aliphatic carbocycles. The van der Waals surface area contributed by atoms with E-state index in [0.29, 0.717) is 22.8 Å². The van der Waals surface area contributed by atoms with E-state index < -0.39 is 0 Å². The lowest BCUT2D eigenvalue weighted by molar-refractivity contribution is 0.102. The third-order valence-electron chi connectivity index (χ3n) is 5.38. The Balaban J connectivity index is 1.45. The predicted molar refractivity (Wildman–Crippen MR) is 127 cm³/mol. The van der Waals surface area contributed by atoms with Gasteiger partial charge in [0.15, 0.2) is 5.82 Å². The normalized spacial score (nSPS) is 14.2. The van der Waals surface area contributed by atoms with Gasteiger partial charge in [0.25, 0.3) is 5.91 Å². The number of oxazole rings is 1. The topological polar surface area (TPSA) is 88.8 Å². The van der Waals surface area contributed by atoms with E-state index in [4.69, 9.17) is 9.15 Å². The molecular formula is C25H28N4O3. The number of hydrogen-bond donors (Lipinski definition) is 2. The Morgan fingerprint density at radius 3 is 2.59 bits per heavy atom. The molecule has 3 aromatic rings. The van der Waals surface area contributed by atoms with E-state index in [1.54, 1.807) is 25.3 Å². The van der Waals surface area contributed by atoms with Crippen LogP contribution < -0.4 is 15.4 Å². The Bertz CT molecular complexity index is 1160. The van der Waals surface area contributed by atoms with Crippen LogP contribution in [0.15, 0.2) is 51.9 Å². The molecule has 0 spiro atoms. The summed E-state index contributed by atoms with van der Waals surface area (Å²) in [4.78, 5) is 21.3. The van der Waals surface area contributed by atoms with Crippen molar-refractivity contribution < 1.29 is 13.9 Å². The first kappa shape index (κ1) is 21.6. The van der Waals surface area contributed by atoms with Gasteiger partial charge in [0, 0.05) is 6.21 Å². The van der Waals surface area contributed by atoms with Crippen molar-refractivity contribution in [2.75, 3.05) is 17.7 Å². The minimum Gasteiger partial charge on any atom is -0.497 e. The molecular weight excluding hydrogens is 404 g/mol. The van der Waals surface area contributed by atoms with E-state index >= 15 is 0 Å². The van der Waals surface area contributed by atoms with Crippen LogP contribution in [0.4, 0.5) is 23.4 Å². The Hall–Kier alpha value is -3.61. The van der Waals surface area contributed by atoms with Crippen molar-refractivity contribution in [3.8, 4) is 5.75 Å². The summed E-state index contributed by atoms with van der Waals surface area (Å²) < 4.78 is 10.9. The SMILES string of the molecule is COc1ccc2c(c1)C(=O)Nc1oc(N=CC(C)Cc3ccc(C(C)(C)C)cc3)nc1N2. The third kappa shape index (κ3) is 4.66. The zero-order valence-electron chi connectivity index (χ0n) is 19.0. The molecule has 1 aromatic heterocycles. The largest absolute Gasteiger partial charge is 0.497 e. The fourth-order valence-corrected chi connectivity index (χ4v) is 3.54. The van der Waals surface area contributed by atoms with Crippen molar-refractivity contribution in [1.29, 1.82) is 0 Å². The molecule has 0 radical (unpaired) electrons. The number of fused-ring (bicyclic) bond motifs is 2. The summed E-state index contributed by atoms with van der Waals surface area (Å²) in [7, 11) is 1.56. The number of ether oxygens (including phenoxy) is 1. The summed E-state index contributed by atoms with van der Waals surface area (Å²) in [5, 5.41) is 5.87. The number of nitrogens with one attached hydrogen (secondary N) is 2. The van der Waals surface area contributed by atoms with E-state index in [-0.39, 0.29) is 29.1 Å². The molecule has 1 atom stereocenters. The van der Waals surface area contributed by atoms with Crippen molar-refractivity contribution in [1.82, 2.24) is 4.98 Å². The number of methoxy groups -OCH3 is 1. The number of rotatable bonds is 5. The summed E-state index contributed by atoms with van der Waals surface area (Å²) in [6, 6.07) is 14.1. The number of carbonyl (C=O) groups is 1. The lowest BCUT2D eigenvalue weighted by Gasteiger charge is -2.19. The molecule has 1 aliphatic heterocycles. The van der Waals surface area contributed by atoms with Crippen LogP contribution in [0.3, 0.4) is 0 Å². The highest BCUT2D eigenvalue weighted by Gasteiger charge is 2.24. The number of amides is 1. The Morgan fingerprint density at radius 1 is 1.16 bits per heavy atom. The second kappa shape index (κ2) is 8.49. The average molecular weight is 433 g/mol. The predicted octanol–water partition coefficient (Wildman–Crippen LogP) is 5.87. The lowest BCUT2D eigenvalue weighted by atomic mass is 9.86. The zero-order valence-corrected chi connectivity index (χ0v) is 19.0. The number of aliphatic imine (C=N–C) groups is 1. The average Bonchev–Trinajstić information content (AvgIpc) is 3.07. The number of benzene rings is 2. The quantitative estimate of drug-likeness (QED) is 0.492. The van der Waals surface area contributed by atoms with Crippen LogP contribution in [-0.4, -0.2) is 24.2 Å². The molecule has 32 heavy (non-hydrogen) atoms. The number of carbonyl (C=O) groups excluding carboxylic acids is 1. The van der Waals surface area contributed by atoms with Crippen LogP contribution in [0.1, 0.15) is 49.2 Å². The number of aromatic nitrogens is 1. The first-order valence-electron chi connectivity index (χ1n) is 10.6. The fourth-order valence-electron chi connectivity index (χ4n) is 3.54. The maximum Gasteiger partial charge on any atom is 0.325 e. The molecule has 166 valence electrons. The Kier molecular flexibility index (Phi) is 5.74. The molecule has 7 heteroatoms. The van der Waals surface area contributed by atoms with Crippen LogP contribution in [0.2, 0.25) is 0 Å². The molecule has 0 saturated carbocycles. The van der Waals surface area contributed by atoms with Crippen molar-refractivity contribution in [3.05, 3.63) is 59.2 Å². The molecule has 1 unspecified atom stereocenters. The fraction of sp³-hybridized carbons (Fsp3) is 0.320. The molecule has 0 saturated heterocycles. The second-order valence-electron chi connectivity index (χ2n) is 9.07.